The van der Waals surface area contributed by atoms with E-state index in [1.807, 2.05) is 12.1 Å². The van der Waals surface area contributed by atoms with Gasteiger partial charge in [-0.15, -0.1) is 0 Å². The summed E-state index contributed by atoms with van der Waals surface area (Å²) in [6.45, 7) is 0. The number of carboxylic acids is 1. The molecular weight excluding hydrogens is 324 g/mol. The predicted octanol–water partition coefficient (Wildman–Crippen LogP) is 3.83. The van der Waals surface area contributed by atoms with E-state index in [-0.39, 0.29) is 5.56 Å². The van der Waals surface area contributed by atoms with Crippen molar-refractivity contribution in [2.75, 3.05) is 14.2 Å². The number of carboxylic acid groups (broad SMARTS) is 1. The molecule has 0 radical (unpaired) electrons. The maximum Gasteiger partial charge on any atom is 0.335 e. The van der Waals surface area contributed by atoms with Crippen LogP contribution in [-0.2, 0) is 0 Å². The van der Waals surface area contributed by atoms with Crippen LogP contribution in [0.4, 0.5) is 0 Å². The molecule has 2 aromatic carbocycles. The van der Waals surface area contributed by atoms with Crippen LogP contribution in [0.1, 0.15) is 10.4 Å². The third-order valence-corrected chi connectivity index (χ3v) is 3.68. The molecule has 0 unspecified atom stereocenters. The molecule has 0 atom stereocenters. The summed E-state index contributed by atoms with van der Waals surface area (Å²) in [5, 5.41) is 8.91. The second-order valence-corrected chi connectivity index (χ2v) is 4.84. The molecule has 20 heavy (non-hydrogen) atoms. The number of rotatable bonds is 4. The lowest BCUT2D eigenvalue weighted by Crippen LogP contribution is -1.96. The van der Waals surface area contributed by atoms with E-state index < -0.39 is 5.97 Å². The van der Waals surface area contributed by atoms with E-state index in [4.69, 9.17) is 14.6 Å². The molecule has 5 heteroatoms. The van der Waals surface area contributed by atoms with Crippen molar-refractivity contribution in [2.24, 2.45) is 0 Å². The molecule has 0 saturated heterocycles. The van der Waals surface area contributed by atoms with Crippen LogP contribution in [0.3, 0.4) is 0 Å². The summed E-state index contributed by atoms with van der Waals surface area (Å²) in [7, 11) is 3.16. The Kier molecular flexibility index (Phi) is 4.29. The first-order valence-electron chi connectivity index (χ1n) is 5.82. The zero-order valence-electron chi connectivity index (χ0n) is 11.0. The predicted molar refractivity (Wildman–Crippen MR) is 79.6 cm³/mol. The van der Waals surface area contributed by atoms with Crippen molar-refractivity contribution in [3.63, 3.8) is 0 Å². The lowest BCUT2D eigenvalue weighted by Gasteiger charge is -2.13. The van der Waals surface area contributed by atoms with Gasteiger partial charge in [0, 0.05) is 5.56 Å². The third kappa shape index (κ3) is 2.63. The first kappa shape index (κ1) is 14.4. The van der Waals surface area contributed by atoms with Crippen LogP contribution in [0.25, 0.3) is 11.1 Å². The molecular formula is C15H13BrO4. The number of benzene rings is 2. The fourth-order valence-corrected chi connectivity index (χ4v) is 2.58. The molecule has 0 aliphatic heterocycles. The Hall–Kier alpha value is -2.01. The topological polar surface area (TPSA) is 55.8 Å². The van der Waals surface area contributed by atoms with Gasteiger partial charge in [-0.3, -0.25) is 0 Å². The fraction of sp³-hybridized carbons (Fsp3) is 0.133. The highest BCUT2D eigenvalue weighted by Crippen LogP contribution is 2.41. The van der Waals surface area contributed by atoms with E-state index in [0.717, 1.165) is 15.6 Å². The quantitative estimate of drug-likeness (QED) is 0.921. The standard InChI is InChI=1S/C15H13BrO4/c1-19-12-8-7-11(14(20-2)13(12)16)9-3-5-10(6-4-9)15(17)18/h3-8H,1-2H3,(H,17,18). The molecule has 0 heterocycles. The smallest absolute Gasteiger partial charge is 0.335 e. The largest absolute Gasteiger partial charge is 0.495 e. The van der Waals surface area contributed by atoms with Gasteiger partial charge in [-0.05, 0) is 45.8 Å². The Morgan fingerprint density at radius 1 is 1.05 bits per heavy atom. The zero-order chi connectivity index (χ0) is 14.7. The van der Waals surface area contributed by atoms with E-state index >= 15 is 0 Å². The van der Waals surface area contributed by atoms with Crippen molar-refractivity contribution >= 4 is 21.9 Å². The van der Waals surface area contributed by atoms with Crippen molar-refractivity contribution in [1.82, 2.24) is 0 Å². The van der Waals surface area contributed by atoms with Crippen LogP contribution in [0.5, 0.6) is 11.5 Å². The van der Waals surface area contributed by atoms with Crippen molar-refractivity contribution in [3.05, 3.63) is 46.4 Å². The summed E-state index contributed by atoms with van der Waals surface area (Å²) in [6, 6.07) is 10.3. The van der Waals surface area contributed by atoms with Crippen molar-refractivity contribution in [1.29, 1.82) is 0 Å². The van der Waals surface area contributed by atoms with Gasteiger partial charge in [0.15, 0.2) is 0 Å². The lowest BCUT2D eigenvalue weighted by molar-refractivity contribution is 0.0697. The van der Waals surface area contributed by atoms with Gasteiger partial charge >= 0.3 is 5.97 Å². The molecule has 1 N–H and O–H groups in total. The van der Waals surface area contributed by atoms with Gasteiger partial charge < -0.3 is 14.6 Å². The molecule has 0 spiro atoms. The van der Waals surface area contributed by atoms with Gasteiger partial charge in [-0.25, -0.2) is 4.79 Å². The van der Waals surface area contributed by atoms with Gasteiger partial charge in [0.25, 0.3) is 0 Å². The molecule has 104 valence electrons. The minimum atomic E-state index is -0.945. The Labute approximate surface area is 125 Å². The summed E-state index contributed by atoms with van der Waals surface area (Å²) in [6.07, 6.45) is 0. The van der Waals surface area contributed by atoms with Gasteiger partial charge in [-0.2, -0.15) is 0 Å². The summed E-state index contributed by atoms with van der Waals surface area (Å²) in [5.41, 5.74) is 1.98. The van der Waals surface area contributed by atoms with Gasteiger partial charge in [0.1, 0.15) is 16.0 Å². The Morgan fingerprint density at radius 2 is 1.70 bits per heavy atom. The van der Waals surface area contributed by atoms with Crippen molar-refractivity contribution in [2.45, 2.75) is 0 Å². The first-order chi connectivity index (χ1) is 9.58. The van der Waals surface area contributed by atoms with E-state index in [1.165, 1.54) is 0 Å². The average molecular weight is 337 g/mol. The van der Waals surface area contributed by atoms with Crippen LogP contribution < -0.4 is 9.47 Å². The second-order valence-electron chi connectivity index (χ2n) is 4.05. The Bertz CT molecular complexity index is 635. The zero-order valence-corrected chi connectivity index (χ0v) is 12.6. The summed E-state index contributed by atoms with van der Waals surface area (Å²) < 4.78 is 11.4. The second kappa shape index (κ2) is 5.96. The molecule has 4 nitrogen and oxygen atoms in total. The molecule has 0 aliphatic rings. The van der Waals surface area contributed by atoms with E-state index in [2.05, 4.69) is 15.9 Å². The molecule has 2 rings (SSSR count). The first-order valence-corrected chi connectivity index (χ1v) is 6.62. The van der Waals surface area contributed by atoms with E-state index in [9.17, 15) is 4.79 Å². The molecule has 0 saturated carbocycles. The summed E-state index contributed by atoms with van der Waals surface area (Å²) in [5.74, 6) is 0.375. The third-order valence-electron chi connectivity index (χ3n) is 2.93. The number of halogens is 1. The highest BCUT2D eigenvalue weighted by molar-refractivity contribution is 9.10. The molecule has 0 fully saturated rings. The van der Waals surface area contributed by atoms with Gasteiger partial charge in [0.2, 0.25) is 0 Å². The van der Waals surface area contributed by atoms with Crippen LogP contribution in [0, 0.1) is 0 Å². The number of ether oxygens (including phenoxy) is 2. The lowest BCUT2D eigenvalue weighted by atomic mass is 10.0. The molecule has 2 aromatic rings. The molecule has 0 amide bonds. The number of carbonyl (C=O) groups is 1. The maximum atomic E-state index is 10.9. The van der Waals surface area contributed by atoms with Crippen LogP contribution in [-0.4, -0.2) is 25.3 Å². The molecule has 0 aromatic heterocycles. The highest BCUT2D eigenvalue weighted by Gasteiger charge is 2.14. The summed E-state index contributed by atoms with van der Waals surface area (Å²) in [4.78, 5) is 10.9. The van der Waals surface area contributed by atoms with Crippen molar-refractivity contribution < 1.29 is 19.4 Å². The highest BCUT2D eigenvalue weighted by atomic mass is 79.9. The van der Waals surface area contributed by atoms with E-state index in [1.54, 1.807) is 38.5 Å². The molecule has 0 bridgehead atoms. The normalized spacial score (nSPS) is 10.2. The Balaban J connectivity index is 2.52. The monoisotopic (exact) mass is 336 g/mol. The maximum absolute atomic E-state index is 10.9. The van der Waals surface area contributed by atoms with Crippen LogP contribution in [0.2, 0.25) is 0 Å². The Morgan fingerprint density at radius 3 is 2.20 bits per heavy atom. The number of methoxy groups -OCH3 is 2. The van der Waals surface area contributed by atoms with Crippen LogP contribution >= 0.6 is 15.9 Å². The summed E-state index contributed by atoms with van der Waals surface area (Å²) >= 11 is 3.44. The average Bonchev–Trinajstić information content (AvgIpc) is 2.47. The SMILES string of the molecule is COc1ccc(-c2ccc(C(=O)O)cc2)c(OC)c1Br. The van der Waals surface area contributed by atoms with Crippen LogP contribution in [0.15, 0.2) is 40.9 Å². The van der Waals surface area contributed by atoms with Gasteiger partial charge in [0.05, 0.1) is 19.8 Å². The number of aromatic carboxylic acids is 1. The molecule has 0 aliphatic carbocycles. The number of hydrogen-bond acceptors (Lipinski definition) is 3. The van der Waals surface area contributed by atoms with E-state index in [0.29, 0.717) is 11.5 Å². The van der Waals surface area contributed by atoms with Crippen molar-refractivity contribution in [3.8, 4) is 22.6 Å². The number of hydrogen-bond donors (Lipinski definition) is 1. The van der Waals surface area contributed by atoms with Gasteiger partial charge in [-0.1, -0.05) is 12.1 Å². The fourth-order valence-electron chi connectivity index (χ4n) is 1.91. The minimum absolute atomic E-state index is 0.250. The minimum Gasteiger partial charge on any atom is -0.495 e.